The number of rotatable bonds is 6. The average Bonchev–Trinajstić information content (AvgIpc) is 2.71. The molecule has 1 heterocycles. The van der Waals surface area contributed by atoms with Crippen molar-refractivity contribution in [3.63, 3.8) is 0 Å². The molecule has 85 valence electrons. The molecule has 2 rings (SSSR count). The first-order chi connectivity index (χ1) is 7.90. The molecule has 0 spiro atoms. The van der Waals surface area contributed by atoms with Gasteiger partial charge in [0.2, 0.25) is 0 Å². The highest BCUT2D eigenvalue weighted by Gasteiger charge is 2.11. The Balaban J connectivity index is 1.74. The van der Waals surface area contributed by atoms with Gasteiger partial charge in [-0.15, -0.1) is 0 Å². The highest BCUT2D eigenvalue weighted by molar-refractivity contribution is 5.71. The van der Waals surface area contributed by atoms with E-state index >= 15 is 0 Å². The van der Waals surface area contributed by atoms with Gasteiger partial charge in [0.25, 0.3) is 0 Å². The zero-order valence-corrected chi connectivity index (χ0v) is 10.1. The molecule has 1 nitrogen and oxygen atoms in total. The Morgan fingerprint density at radius 2 is 1.81 bits per heavy atom. The van der Waals surface area contributed by atoms with Gasteiger partial charge < -0.3 is 0 Å². The summed E-state index contributed by atoms with van der Waals surface area (Å²) in [7, 11) is 0. The van der Waals surface area contributed by atoms with Crippen molar-refractivity contribution < 1.29 is 0 Å². The van der Waals surface area contributed by atoms with Gasteiger partial charge in [-0.2, -0.15) is 0 Å². The fourth-order valence-corrected chi connectivity index (χ4v) is 2.12. The molecule has 0 unspecified atom stereocenters. The van der Waals surface area contributed by atoms with Crippen molar-refractivity contribution >= 4 is 11.8 Å². The molecule has 1 aliphatic rings. The van der Waals surface area contributed by atoms with Crippen LogP contribution in [0, 0.1) is 0 Å². The molecule has 0 saturated carbocycles. The summed E-state index contributed by atoms with van der Waals surface area (Å²) in [6, 6.07) is 8.37. The fourth-order valence-electron chi connectivity index (χ4n) is 2.12. The lowest BCUT2D eigenvalue weighted by atomic mass is 10.1. The molecule has 1 aromatic rings. The quantitative estimate of drug-likeness (QED) is 0.613. The minimum Gasteiger partial charge on any atom is -0.253 e. The topological polar surface area (TPSA) is 14.1 Å². The Bertz CT molecular complexity index is 365. The zero-order valence-electron chi connectivity index (χ0n) is 10.1. The van der Waals surface area contributed by atoms with E-state index in [1.165, 1.54) is 43.4 Å². The molecule has 0 fully saturated rings. The van der Waals surface area contributed by atoms with Crippen LogP contribution in [0.3, 0.4) is 0 Å². The Morgan fingerprint density at radius 1 is 1.00 bits per heavy atom. The molecule has 0 N–H and O–H groups in total. The van der Waals surface area contributed by atoms with Gasteiger partial charge in [-0.1, -0.05) is 50.8 Å². The number of unbranched alkanes of at least 4 members (excludes halogenated alkanes) is 4. The van der Waals surface area contributed by atoms with Crippen molar-refractivity contribution in [2.24, 2.45) is 0 Å². The minimum atomic E-state index is 1.14. The molecular weight excluding hydrogens is 194 g/mol. The number of nitrogens with zero attached hydrogens (tertiary/aromatic N) is 1. The van der Waals surface area contributed by atoms with Crippen molar-refractivity contribution in [2.45, 2.75) is 45.4 Å². The van der Waals surface area contributed by atoms with Crippen LogP contribution in [-0.4, -0.2) is 0 Å². The van der Waals surface area contributed by atoms with Crippen LogP contribution >= 0.6 is 0 Å². The van der Waals surface area contributed by atoms with Gasteiger partial charge in [0, 0.05) is 11.3 Å². The molecule has 0 atom stereocenters. The summed E-state index contributed by atoms with van der Waals surface area (Å²) in [4.78, 5) is 0. The molecule has 0 bridgehead atoms. The van der Waals surface area contributed by atoms with E-state index in [2.05, 4.69) is 42.6 Å². The largest absolute Gasteiger partial charge is 0.253 e. The molecule has 16 heavy (non-hydrogen) atoms. The molecular formula is C15H20N. The minimum absolute atomic E-state index is 1.14. The monoisotopic (exact) mass is 214 g/mol. The normalized spacial score (nSPS) is 13.2. The maximum atomic E-state index is 4.63. The lowest BCUT2D eigenvalue weighted by Gasteiger charge is -2.02. The van der Waals surface area contributed by atoms with Crippen molar-refractivity contribution in [3.05, 3.63) is 35.5 Å². The van der Waals surface area contributed by atoms with Gasteiger partial charge in [0.05, 0.1) is 5.69 Å². The molecule has 1 heteroatoms. The van der Waals surface area contributed by atoms with Crippen LogP contribution in [0.5, 0.6) is 0 Å². The lowest BCUT2D eigenvalue weighted by Crippen LogP contribution is -1.92. The van der Waals surface area contributed by atoms with Crippen LogP contribution in [0.4, 0.5) is 5.69 Å². The second-order valence-electron chi connectivity index (χ2n) is 4.47. The SMILES string of the molecule is CCCCCCCC1=Cc2ccccc2[N]1. The smallest absolute Gasteiger partial charge is 0.0705 e. The average molecular weight is 214 g/mol. The fraction of sp³-hybridized carbons (Fsp3) is 0.467. The Morgan fingerprint density at radius 3 is 2.62 bits per heavy atom. The summed E-state index contributed by atoms with van der Waals surface area (Å²) < 4.78 is 0. The highest BCUT2D eigenvalue weighted by Crippen LogP contribution is 2.29. The van der Waals surface area contributed by atoms with Gasteiger partial charge in [-0.05, 0) is 25.0 Å². The van der Waals surface area contributed by atoms with E-state index in [0.717, 1.165) is 12.1 Å². The Kier molecular flexibility index (Phi) is 4.03. The number of fused-ring (bicyclic) bond motifs is 1. The molecule has 1 radical (unpaired) electrons. The van der Waals surface area contributed by atoms with Crippen LogP contribution in [-0.2, 0) is 0 Å². The summed E-state index contributed by atoms with van der Waals surface area (Å²) in [6.45, 7) is 2.26. The van der Waals surface area contributed by atoms with Crippen molar-refractivity contribution in [2.75, 3.05) is 0 Å². The number of hydrogen-bond donors (Lipinski definition) is 0. The number of para-hydroxylation sites is 1. The molecule has 1 aliphatic heterocycles. The first kappa shape index (κ1) is 11.3. The van der Waals surface area contributed by atoms with Gasteiger partial charge in [0.1, 0.15) is 0 Å². The van der Waals surface area contributed by atoms with E-state index in [0.29, 0.717) is 0 Å². The van der Waals surface area contributed by atoms with E-state index < -0.39 is 0 Å². The molecule has 0 aliphatic carbocycles. The summed E-state index contributed by atoms with van der Waals surface area (Å²) in [5, 5.41) is 4.63. The predicted octanol–water partition coefficient (Wildman–Crippen LogP) is 4.64. The first-order valence-electron chi connectivity index (χ1n) is 6.41. The van der Waals surface area contributed by atoms with Gasteiger partial charge in [-0.25, -0.2) is 0 Å². The van der Waals surface area contributed by atoms with Crippen LogP contribution < -0.4 is 5.32 Å². The van der Waals surface area contributed by atoms with E-state index in [1.807, 2.05) is 0 Å². The third-order valence-electron chi connectivity index (χ3n) is 3.06. The third kappa shape index (κ3) is 2.88. The van der Waals surface area contributed by atoms with Crippen LogP contribution in [0.15, 0.2) is 30.0 Å². The van der Waals surface area contributed by atoms with Crippen LogP contribution in [0.25, 0.3) is 6.08 Å². The van der Waals surface area contributed by atoms with E-state index in [9.17, 15) is 0 Å². The summed E-state index contributed by atoms with van der Waals surface area (Å²) >= 11 is 0. The maximum absolute atomic E-state index is 4.63. The van der Waals surface area contributed by atoms with Crippen molar-refractivity contribution in [1.82, 2.24) is 5.32 Å². The second-order valence-corrected chi connectivity index (χ2v) is 4.47. The van der Waals surface area contributed by atoms with E-state index in [4.69, 9.17) is 0 Å². The predicted molar refractivity (Wildman–Crippen MR) is 69.6 cm³/mol. The van der Waals surface area contributed by atoms with Crippen LogP contribution in [0.2, 0.25) is 0 Å². The third-order valence-corrected chi connectivity index (χ3v) is 3.06. The molecule has 0 saturated heterocycles. The number of allylic oxidation sites excluding steroid dienone is 1. The number of benzene rings is 1. The zero-order chi connectivity index (χ0) is 11.2. The van der Waals surface area contributed by atoms with Crippen molar-refractivity contribution in [3.8, 4) is 0 Å². The maximum Gasteiger partial charge on any atom is 0.0705 e. The van der Waals surface area contributed by atoms with Gasteiger partial charge in [-0.3, -0.25) is 5.32 Å². The van der Waals surface area contributed by atoms with E-state index in [-0.39, 0.29) is 0 Å². The van der Waals surface area contributed by atoms with Gasteiger partial charge >= 0.3 is 0 Å². The summed E-state index contributed by atoms with van der Waals surface area (Å²) in [5.41, 5.74) is 3.69. The first-order valence-corrected chi connectivity index (χ1v) is 6.41. The summed E-state index contributed by atoms with van der Waals surface area (Å²) in [5.74, 6) is 0. The Hall–Kier alpha value is -1.24. The summed E-state index contributed by atoms with van der Waals surface area (Å²) in [6.07, 6.45) is 10.1. The molecule has 0 aromatic heterocycles. The highest BCUT2D eigenvalue weighted by atomic mass is 14.9. The second kappa shape index (κ2) is 5.74. The van der Waals surface area contributed by atoms with Gasteiger partial charge in [0.15, 0.2) is 0 Å². The lowest BCUT2D eigenvalue weighted by molar-refractivity contribution is 0.625. The van der Waals surface area contributed by atoms with Crippen molar-refractivity contribution in [1.29, 1.82) is 0 Å². The van der Waals surface area contributed by atoms with Crippen LogP contribution in [0.1, 0.15) is 51.0 Å². The Labute approximate surface area is 98.6 Å². The molecule has 1 aromatic carbocycles. The standard InChI is InChI=1S/C15H20N/c1-2-3-4-5-6-10-14-12-13-9-7-8-11-15(13)16-14/h7-9,11-12H,2-6,10H2,1H3. The number of hydrogen-bond acceptors (Lipinski definition) is 0. The molecule has 0 amide bonds. The van der Waals surface area contributed by atoms with E-state index in [1.54, 1.807) is 0 Å².